The van der Waals surface area contributed by atoms with Crippen molar-refractivity contribution in [2.45, 2.75) is 46.6 Å². The van der Waals surface area contributed by atoms with Gasteiger partial charge in [0.2, 0.25) is 11.4 Å². The summed E-state index contributed by atoms with van der Waals surface area (Å²) in [5, 5.41) is 12.2. The first-order valence-corrected chi connectivity index (χ1v) is 8.10. The van der Waals surface area contributed by atoms with Gasteiger partial charge in [-0.15, -0.1) is 0 Å². The van der Waals surface area contributed by atoms with Crippen LogP contribution in [0.4, 0.5) is 0 Å². The van der Waals surface area contributed by atoms with E-state index in [9.17, 15) is 19.5 Å². The third-order valence-electron chi connectivity index (χ3n) is 3.75. The van der Waals surface area contributed by atoms with Crippen molar-refractivity contribution in [3.8, 4) is 5.75 Å². The summed E-state index contributed by atoms with van der Waals surface area (Å²) >= 11 is 0. The van der Waals surface area contributed by atoms with E-state index in [2.05, 4.69) is 5.32 Å². The molecule has 0 aliphatic carbocycles. The van der Waals surface area contributed by atoms with Crippen molar-refractivity contribution in [3.05, 3.63) is 28.8 Å². The van der Waals surface area contributed by atoms with Crippen molar-refractivity contribution in [3.63, 3.8) is 0 Å². The van der Waals surface area contributed by atoms with Gasteiger partial charge in [0, 0.05) is 13.3 Å². The number of amides is 1. The Bertz CT molecular complexity index is 650. The van der Waals surface area contributed by atoms with Gasteiger partial charge in [0.1, 0.15) is 5.75 Å². The first-order chi connectivity index (χ1) is 11.7. The molecule has 1 rings (SSSR count). The molecule has 0 fully saturated rings. The lowest BCUT2D eigenvalue weighted by molar-refractivity contribution is -0.168. The van der Waals surface area contributed by atoms with Crippen LogP contribution >= 0.6 is 0 Å². The summed E-state index contributed by atoms with van der Waals surface area (Å²) in [5.41, 5.74) is -0.104. The molecule has 7 heteroatoms. The molecule has 0 bridgehead atoms. The lowest BCUT2D eigenvalue weighted by Crippen LogP contribution is -2.62. The van der Waals surface area contributed by atoms with Crippen molar-refractivity contribution >= 4 is 17.8 Å². The van der Waals surface area contributed by atoms with E-state index < -0.39 is 23.4 Å². The van der Waals surface area contributed by atoms with Crippen molar-refractivity contribution in [2.24, 2.45) is 0 Å². The Hall–Kier alpha value is -2.57. The zero-order valence-electron chi connectivity index (χ0n) is 15.3. The molecule has 0 aliphatic rings. The first kappa shape index (κ1) is 20.5. The maximum Gasteiger partial charge on any atom is 0.344 e. The van der Waals surface area contributed by atoms with Gasteiger partial charge >= 0.3 is 11.9 Å². The Labute approximate surface area is 147 Å². The predicted molar refractivity (Wildman–Crippen MR) is 91.1 cm³/mol. The summed E-state index contributed by atoms with van der Waals surface area (Å²) in [6.07, 6.45) is -0.142. The molecule has 2 N–H and O–H groups in total. The van der Waals surface area contributed by atoms with Gasteiger partial charge in [-0.2, -0.15) is 0 Å². The van der Waals surface area contributed by atoms with E-state index in [0.29, 0.717) is 16.7 Å². The number of phenolic OH excluding ortho intramolecular Hbond substituents is 1. The molecule has 0 radical (unpaired) electrons. The summed E-state index contributed by atoms with van der Waals surface area (Å²) in [7, 11) is 0. The number of esters is 2. The quantitative estimate of drug-likeness (QED) is 0.571. The monoisotopic (exact) mass is 351 g/mol. The van der Waals surface area contributed by atoms with Crippen molar-refractivity contribution in [1.82, 2.24) is 5.32 Å². The van der Waals surface area contributed by atoms with Crippen LogP contribution in [0, 0.1) is 13.8 Å². The summed E-state index contributed by atoms with van der Waals surface area (Å²) < 4.78 is 10.1. The molecule has 1 aromatic carbocycles. The Morgan fingerprint density at radius 1 is 1.04 bits per heavy atom. The minimum absolute atomic E-state index is 0.0488. The lowest BCUT2D eigenvalue weighted by Gasteiger charge is -2.30. The largest absolute Gasteiger partial charge is 0.508 e. The number of carbonyl (C=O) groups excluding carboxylic acids is 3. The molecule has 25 heavy (non-hydrogen) atoms. The zero-order chi connectivity index (χ0) is 19.2. The molecule has 1 amide bonds. The number of benzene rings is 1. The molecular weight excluding hydrogens is 326 g/mol. The number of hydrogen-bond donors (Lipinski definition) is 2. The maximum atomic E-state index is 12.6. The molecule has 0 unspecified atom stereocenters. The number of aryl methyl sites for hydroxylation is 2. The van der Waals surface area contributed by atoms with E-state index in [0.717, 1.165) is 0 Å². The van der Waals surface area contributed by atoms with Crippen LogP contribution in [0.1, 0.15) is 37.5 Å². The summed E-state index contributed by atoms with van der Waals surface area (Å²) in [5.74, 6) is -2.21. The molecule has 7 nitrogen and oxygen atoms in total. The van der Waals surface area contributed by atoms with Crippen LogP contribution in [0.2, 0.25) is 0 Å². The number of ether oxygens (including phenoxy) is 2. The molecular formula is C18H25NO6. The number of aromatic hydroxyl groups is 1. The second-order valence-electron chi connectivity index (χ2n) is 5.77. The van der Waals surface area contributed by atoms with Crippen molar-refractivity contribution in [2.75, 3.05) is 13.2 Å². The average molecular weight is 351 g/mol. The second kappa shape index (κ2) is 8.50. The van der Waals surface area contributed by atoms with E-state index in [1.165, 1.54) is 6.92 Å². The number of nitrogens with one attached hydrogen (secondary N) is 1. The molecule has 138 valence electrons. The molecule has 0 aromatic heterocycles. The van der Waals surface area contributed by atoms with E-state index in [-0.39, 0.29) is 25.4 Å². The van der Waals surface area contributed by atoms with E-state index >= 15 is 0 Å². The topological polar surface area (TPSA) is 102 Å². The van der Waals surface area contributed by atoms with Crippen LogP contribution < -0.4 is 5.32 Å². The summed E-state index contributed by atoms with van der Waals surface area (Å²) in [6.45, 7) is 7.97. The highest BCUT2D eigenvalue weighted by Crippen LogP contribution is 2.26. The molecule has 1 aromatic rings. The SMILES string of the molecule is CCOC(=O)C(Cc1cc(C)c(O)cc1C)(NC(C)=O)C(=O)OCC. The van der Waals surface area contributed by atoms with Gasteiger partial charge < -0.3 is 19.9 Å². The Balaban J connectivity index is 3.46. The van der Waals surface area contributed by atoms with Gasteiger partial charge in [-0.3, -0.25) is 4.79 Å². The van der Waals surface area contributed by atoms with E-state index in [1.807, 2.05) is 0 Å². The summed E-state index contributed by atoms with van der Waals surface area (Å²) in [4.78, 5) is 36.9. The highest BCUT2D eigenvalue weighted by molar-refractivity contribution is 6.08. The maximum absolute atomic E-state index is 12.6. The van der Waals surface area contributed by atoms with Crippen LogP contribution in [0.25, 0.3) is 0 Å². The van der Waals surface area contributed by atoms with Crippen LogP contribution in [0.15, 0.2) is 12.1 Å². The van der Waals surface area contributed by atoms with E-state index in [1.54, 1.807) is 39.8 Å². The molecule has 0 spiro atoms. The fraction of sp³-hybridized carbons (Fsp3) is 0.500. The van der Waals surface area contributed by atoms with E-state index in [4.69, 9.17) is 9.47 Å². The lowest BCUT2D eigenvalue weighted by atomic mass is 9.87. The minimum atomic E-state index is -1.98. The molecule has 0 aliphatic heterocycles. The number of hydrogen-bond acceptors (Lipinski definition) is 6. The van der Waals surface area contributed by atoms with Crippen LogP contribution in [0.3, 0.4) is 0 Å². The molecule has 0 atom stereocenters. The normalized spacial score (nSPS) is 10.9. The van der Waals surface area contributed by atoms with Gasteiger partial charge in [-0.25, -0.2) is 9.59 Å². The van der Waals surface area contributed by atoms with Crippen molar-refractivity contribution in [1.29, 1.82) is 0 Å². The Kier molecular flexibility index (Phi) is 6.97. The van der Waals surface area contributed by atoms with Crippen LogP contribution in [-0.2, 0) is 30.3 Å². The summed E-state index contributed by atoms with van der Waals surface area (Å²) in [6, 6.07) is 3.21. The number of phenols is 1. The second-order valence-corrected chi connectivity index (χ2v) is 5.77. The van der Waals surface area contributed by atoms with Gasteiger partial charge in [0.25, 0.3) is 0 Å². The van der Waals surface area contributed by atoms with Gasteiger partial charge in [0.05, 0.1) is 13.2 Å². The fourth-order valence-electron chi connectivity index (χ4n) is 2.52. The van der Waals surface area contributed by atoms with Crippen LogP contribution in [-0.4, -0.2) is 41.7 Å². The minimum Gasteiger partial charge on any atom is -0.508 e. The third-order valence-corrected chi connectivity index (χ3v) is 3.75. The van der Waals surface area contributed by atoms with Gasteiger partial charge in [-0.05, 0) is 50.5 Å². The molecule has 0 saturated carbocycles. The number of rotatable bonds is 7. The zero-order valence-corrected chi connectivity index (χ0v) is 15.3. The fourth-order valence-corrected chi connectivity index (χ4v) is 2.52. The predicted octanol–water partition coefficient (Wildman–Crippen LogP) is 1.55. The van der Waals surface area contributed by atoms with Crippen molar-refractivity contribution < 1.29 is 29.0 Å². The average Bonchev–Trinajstić information content (AvgIpc) is 2.51. The van der Waals surface area contributed by atoms with Gasteiger partial charge in [-0.1, -0.05) is 6.07 Å². The standard InChI is InChI=1S/C18H25NO6/c1-6-24-16(22)18(19-13(5)20,17(23)25-7-2)10-14-8-12(4)15(21)9-11(14)3/h8-9,21H,6-7,10H2,1-5H3,(H,19,20). The van der Waals surface area contributed by atoms with Crippen LogP contribution in [0.5, 0.6) is 5.75 Å². The highest BCUT2D eigenvalue weighted by Gasteiger charge is 2.50. The Morgan fingerprint density at radius 2 is 1.56 bits per heavy atom. The number of carbonyl (C=O) groups is 3. The Morgan fingerprint density at radius 3 is 2.00 bits per heavy atom. The first-order valence-electron chi connectivity index (χ1n) is 8.10. The molecule has 0 saturated heterocycles. The highest BCUT2D eigenvalue weighted by atomic mass is 16.6. The molecule has 0 heterocycles. The third kappa shape index (κ3) is 4.71. The smallest absolute Gasteiger partial charge is 0.344 e. The van der Waals surface area contributed by atoms with Gasteiger partial charge in [0.15, 0.2) is 0 Å².